The molecule has 22 heavy (non-hydrogen) atoms. The maximum atomic E-state index is 6.33. The van der Waals surface area contributed by atoms with E-state index in [0.29, 0.717) is 0 Å². The molecule has 0 radical (unpaired) electrons. The Morgan fingerprint density at radius 2 is 1.36 bits per heavy atom. The van der Waals surface area contributed by atoms with E-state index in [-0.39, 0.29) is 11.6 Å². The van der Waals surface area contributed by atoms with Crippen molar-refractivity contribution in [3.8, 4) is 0 Å². The van der Waals surface area contributed by atoms with Crippen molar-refractivity contribution in [3.05, 3.63) is 59.7 Å². The SMILES string of the molecule is CN1CCC(N)CC1(c1ccc(N)cc1)c1ccc(N)cc1. The normalized spacial score (nSPS) is 21.6. The van der Waals surface area contributed by atoms with Crippen LogP contribution in [0.2, 0.25) is 0 Å². The van der Waals surface area contributed by atoms with Crippen LogP contribution in [0.5, 0.6) is 0 Å². The maximum absolute atomic E-state index is 6.33. The predicted molar refractivity (Wildman–Crippen MR) is 92.3 cm³/mol. The van der Waals surface area contributed by atoms with E-state index in [1.54, 1.807) is 0 Å². The number of nitrogens with two attached hydrogens (primary N) is 3. The number of benzene rings is 2. The number of piperidine rings is 1. The van der Waals surface area contributed by atoms with Crippen LogP contribution in [-0.4, -0.2) is 24.5 Å². The lowest BCUT2D eigenvalue weighted by Gasteiger charge is -2.48. The van der Waals surface area contributed by atoms with Gasteiger partial charge in [0.15, 0.2) is 0 Å². The number of hydrogen-bond acceptors (Lipinski definition) is 4. The molecule has 0 saturated carbocycles. The molecule has 1 unspecified atom stereocenters. The summed E-state index contributed by atoms with van der Waals surface area (Å²) in [5.41, 5.74) is 21.8. The number of anilines is 2. The quantitative estimate of drug-likeness (QED) is 0.742. The van der Waals surface area contributed by atoms with Gasteiger partial charge in [-0.2, -0.15) is 0 Å². The Balaban J connectivity index is 2.16. The molecule has 0 bridgehead atoms. The highest BCUT2D eigenvalue weighted by Crippen LogP contribution is 2.42. The van der Waals surface area contributed by atoms with Crippen molar-refractivity contribution in [1.82, 2.24) is 4.90 Å². The van der Waals surface area contributed by atoms with Gasteiger partial charge in [-0.05, 0) is 55.3 Å². The van der Waals surface area contributed by atoms with E-state index in [1.165, 1.54) is 11.1 Å². The van der Waals surface area contributed by atoms with Crippen LogP contribution in [0, 0.1) is 0 Å². The lowest BCUT2D eigenvalue weighted by molar-refractivity contribution is 0.0963. The fraction of sp³-hybridized carbons (Fsp3) is 0.333. The third-order valence-electron chi connectivity index (χ3n) is 4.82. The minimum atomic E-state index is -0.223. The Morgan fingerprint density at radius 1 is 0.909 bits per heavy atom. The van der Waals surface area contributed by atoms with Gasteiger partial charge in [0.05, 0.1) is 5.54 Å². The second-order valence-corrected chi connectivity index (χ2v) is 6.28. The number of nitrogen functional groups attached to an aromatic ring is 2. The molecule has 0 amide bonds. The van der Waals surface area contributed by atoms with E-state index in [2.05, 4.69) is 36.2 Å². The number of likely N-dealkylation sites (tertiary alicyclic amines) is 1. The zero-order chi connectivity index (χ0) is 15.7. The summed E-state index contributed by atoms with van der Waals surface area (Å²) in [4.78, 5) is 2.40. The second-order valence-electron chi connectivity index (χ2n) is 6.28. The van der Waals surface area contributed by atoms with Crippen LogP contribution < -0.4 is 17.2 Å². The average Bonchev–Trinajstić information content (AvgIpc) is 2.51. The fourth-order valence-electron chi connectivity index (χ4n) is 3.55. The maximum Gasteiger partial charge on any atom is 0.0728 e. The van der Waals surface area contributed by atoms with E-state index >= 15 is 0 Å². The molecule has 6 N–H and O–H groups in total. The van der Waals surface area contributed by atoms with Crippen molar-refractivity contribution in [1.29, 1.82) is 0 Å². The molecule has 116 valence electrons. The van der Waals surface area contributed by atoms with Crippen LogP contribution in [-0.2, 0) is 5.54 Å². The van der Waals surface area contributed by atoms with Gasteiger partial charge >= 0.3 is 0 Å². The molecule has 1 fully saturated rings. The van der Waals surface area contributed by atoms with E-state index in [1.807, 2.05) is 24.3 Å². The third kappa shape index (κ3) is 2.45. The Hall–Kier alpha value is -2.04. The fourth-order valence-corrected chi connectivity index (χ4v) is 3.55. The molecule has 1 saturated heterocycles. The van der Waals surface area contributed by atoms with E-state index < -0.39 is 0 Å². The molecule has 0 aromatic heterocycles. The topological polar surface area (TPSA) is 81.3 Å². The Labute approximate surface area is 131 Å². The summed E-state index contributed by atoms with van der Waals surface area (Å²) in [5, 5.41) is 0. The summed E-state index contributed by atoms with van der Waals surface area (Å²) >= 11 is 0. The highest BCUT2D eigenvalue weighted by atomic mass is 15.2. The van der Waals surface area contributed by atoms with Gasteiger partial charge in [0.1, 0.15) is 0 Å². The van der Waals surface area contributed by atoms with E-state index in [0.717, 1.165) is 30.8 Å². The highest BCUT2D eigenvalue weighted by Gasteiger charge is 2.42. The molecule has 4 nitrogen and oxygen atoms in total. The van der Waals surface area contributed by atoms with Gasteiger partial charge in [-0.15, -0.1) is 0 Å². The summed E-state index contributed by atoms with van der Waals surface area (Å²) in [6.07, 6.45) is 1.90. The van der Waals surface area contributed by atoms with Gasteiger partial charge in [-0.1, -0.05) is 24.3 Å². The second kappa shape index (κ2) is 5.63. The van der Waals surface area contributed by atoms with Crippen molar-refractivity contribution >= 4 is 11.4 Å². The van der Waals surface area contributed by atoms with Crippen LogP contribution in [0.25, 0.3) is 0 Å². The summed E-state index contributed by atoms with van der Waals surface area (Å²) in [7, 11) is 2.17. The number of rotatable bonds is 2. The molecule has 0 spiro atoms. The first-order valence-corrected chi connectivity index (χ1v) is 7.71. The standard InChI is InChI=1S/C18H24N4/c1-22-11-10-17(21)12-18(22,13-2-6-15(19)7-3-13)14-4-8-16(20)9-5-14/h2-9,17H,10-12,19-21H2,1H3. The van der Waals surface area contributed by atoms with Crippen LogP contribution in [0.4, 0.5) is 11.4 Å². The molecule has 2 aromatic rings. The van der Waals surface area contributed by atoms with Crippen LogP contribution >= 0.6 is 0 Å². The average molecular weight is 296 g/mol. The molecule has 3 rings (SSSR count). The number of hydrogen-bond donors (Lipinski definition) is 3. The highest BCUT2D eigenvalue weighted by molar-refractivity contribution is 5.48. The molecule has 1 aliphatic rings. The van der Waals surface area contributed by atoms with Crippen LogP contribution in [0.1, 0.15) is 24.0 Å². The molecule has 1 atom stereocenters. The predicted octanol–water partition coefficient (Wildman–Crippen LogP) is 2.15. The van der Waals surface area contributed by atoms with Gasteiger partial charge in [0, 0.05) is 24.0 Å². The molecule has 4 heteroatoms. The van der Waals surface area contributed by atoms with E-state index in [4.69, 9.17) is 17.2 Å². The summed E-state index contributed by atoms with van der Waals surface area (Å²) < 4.78 is 0. The summed E-state index contributed by atoms with van der Waals surface area (Å²) in [6.45, 7) is 0.968. The first-order valence-electron chi connectivity index (χ1n) is 7.71. The van der Waals surface area contributed by atoms with Crippen molar-refractivity contribution in [2.45, 2.75) is 24.4 Å². The van der Waals surface area contributed by atoms with Gasteiger partial charge in [-0.3, -0.25) is 4.90 Å². The lowest BCUT2D eigenvalue weighted by Crippen LogP contribution is -2.53. The molecular weight excluding hydrogens is 272 g/mol. The summed E-state index contributed by atoms with van der Waals surface area (Å²) in [5.74, 6) is 0. The van der Waals surface area contributed by atoms with Gasteiger partial charge in [0.25, 0.3) is 0 Å². The molecule has 2 aromatic carbocycles. The monoisotopic (exact) mass is 296 g/mol. The van der Waals surface area contributed by atoms with Crippen LogP contribution in [0.3, 0.4) is 0 Å². The lowest BCUT2D eigenvalue weighted by atomic mass is 9.74. The van der Waals surface area contributed by atoms with Crippen molar-refractivity contribution in [2.24, 2.45) is 5.73 Å². The largest absolute Gasteiger partial charge is 0.399 e. The van der Waals surface area contributed by atoms with Gasteiger partial charge < -0.3 is 17.2 Å². The summed E-state index contributed by atoms with van der Waals surface area (Å²) in [6, 6.07) is 16.5. The zero-order valence-corrected chi connectivity index (χ0v) is 13.0. The van der Waals surface area contributed by atoms with Gasteiger partial charge in [-0.25, -0.2) is 0 Å². The zero-order valence-electron chi connectivity index (χ0n) is 13.0. The first-order chi connectivity index (χ1) is 10.5. The molecule has 1 aliphatic heterocycles. The van der Waals surface area contributed by atoms with Crippen molar-refractivity contribution in [3.63, 3.8) is 0 Å². The first kappa shape index (κ1) is 14.9. The third-order valence-corrected chi connectivity index (χ3v) is 4.82. The minimum absolute atomic E-state index is 0.186. The Bertz CT molecular complexity index is 588. The minimum Gasteiger partial charge on any atom is -0.399 e. The number of nitrogens with zero attached hydrogens (tertiary/aromatic N) is 1. The van der Waals surface area contributed by atoms with Crippen LogP contribution in [0.15, 0.2) is 48.5 Å². The Kier molecular flexibility index (Phi) is 3.81. The van der Waals surface area contributed by atoms with Crippen molar-refractivity contribution < 1.29 is 0 Å². The molecule has 1 heterocycles. The molecule has 0 aliphatic carbocycles. The Morgan fingerprint density at radius 3 is 1.82 bits per heavy atom. The van der Waals surface area contributed by atoms with E-state index in [9.17, 15) is 0 Å². The smallest absolute Gasteiger partial charge is 0.0728 e. The molecular formula is C18H24N4. The van der Waals surface area contributed by atoms with Crippen molar-refractivity contribution in [2.75, 3.05) is 25.1 Å². The van der Waals surface area contributed by atoms with Gasteiger partial charge in [0.2, 0.25) is 0 Å².